The summed E-state index contributed by atoms with van der Waals surface area (Å²) in [6, 6.07) is 0. The number of hydrogen-bond donors (Lipinski definition) is 2. The third-order valence-electron chi connectivity index (χ3n) is 2.95. The van der Waals surface area contributed by atoms with Gasteiger partial charge in [-0.25, -0.2) is 0 Å². The van der Waals surface area contributed by atoms with Gasteiger partial charge < -0.3 is 16.0 Å². The van der Waals surface area contributed by atoms with Crippen LogP contribution in [0, 0.1) is 5.92 Å². The fourth-order valence-corrected chi connectivity index (χ4v) is 1.74. The van der Waals surface area contributed by atoms with Crippen LogP contribution in [-0.2, 0) is 4.79 Å². The number of rotatable bonds is 4. The zero-order valence-electron chi connectivity index (χ0n) is 9.67. The number of carbonyl (C=O) groups excluding carboxylic acids is 1. The Balaban J connectivity index is 2.25. The molecule has 1 aliphatic rings. The summed E-state index contributed by atoms with van der Waals surface area (Å²) < 4.78 is 0. The largest absolute Gasteiger partial charge is 0.341 e. The Hall–Kier alpha value is -0.610. The predicted octanol–water partition coefficient (Wildman–Crippen LogP) is 0.183. The van der Waals surface area contributed by atoms with Gasteiger partial charge in [0.2, 0.25) is 5.91 Å². The molecule has 1 amide bonds. The molecule has 0 aliphatic carbocycles. The molecule has 0 spiro atoms. The van der Waals surface area contributed by atoms with Crippen molar-refractivity contribution < 1.29 is 4.79 Å². The minimum atomic E-state index is 0.291. The molecule has 1 fully saturated rings. The second-order valence-corrected chi connectivity index (χ2v) is 4.36. The molecule has 4 nitrogen and oxygen atoms in total. The molecule has 0 radical (unpaired) electrons. The van der Waals surface area contributed by atoms with E-state index in [4.69, 9.17) is 5.73 Å². The van der Waals surface area contributed by atoms with Gasteiger partial charge in [-0.05, 0) is 31.8 Å². The minimum Gasteiger partial charge on any atom is -0.341 e. The second-order valence-electron chi connectivity index (χ2n) is 4.36. The lowest BCUT2D eigenvalue weighted by molar-refractivity contribution is -0.131. The van der Waals surface area contributed by atoms with Crippen molar-refractivity contribution in [2.75, 3.05) is 32.7 Å². The molecule has 1 heterocycles. The van der Waals surface area contributed by atoms with Crippen molar-refractivity contribution in [1.29, 1.82) is 0 Å². The molecular formula is C11H23N3O. The van der Waals surface area contributed by atoms with E-state index in [1.807, 2.05) is 4.90 Å². The molecule has 4 heteroatoms. The normalized spacial score (nSPS) is 19.7. The number of carbonyl (C=O) groups is 1. The van der Waals surface area contributed by atoms with Gasteiger partial charge in [0.25, 0.3) is 0 Å². The number of nitrogens with one attached hydrogen (secondary N) is 1. The monoisotopic (exact) mass is 213 g/mol. The smallest absolute Gasteiger partial charge is 0.222 e. The third kappa shape index (κ3) is 4.62. The molecule has 0 bridgehead atoms. The number of nitrogens with zero attached hydrogens (tertiary/aromatic N) is 1. The Labute approximate surface area is 92.2 Å². The van der Waals surface area contributed by atoms with Crippen LogP contribution in [0.2, 0.25) is 0 Å². The Morgan fingerprint density at radius 2 is 2.27 bits per heavy atom. The summed E-state index contributed by atoms with van der Waals surface area (Å²) in [5, 5.41) is 3.29. The topological polar surface area (TPSA) is 58.4 Å². The van der Waals surface area contributed by atoms with Gasteiger partial charge in [0.15, 0.2) is 0 Å². The fraction of sp³-hybridized carbons (Fsp3) is 0.909. The van der Waals surface area contributed by atoms with E-state index in [1.54, 1.807) is 0 Å². The predicted molar refractivity (Wildman–Crippen MR) is 61.5 cm³/mol. The van der Waals surface area contributed by atoms with Crippen molar-refractivity contribution in [3.05, 3.63) is 0 Å². The van der Waals surface area contributed by atoms with Crippen LogP contribution in [0.15, 0.2) is 0 Å². The summed E-state index contributed by atoms with van der Waals surface area (Å²) in [7, 11) is 0. The van der Waals surface area contributed by atoms with Gasteiger partial charge in [-0.3, -0.25) is 4.79 Å². The van der Waals surface area contributed by atoms with Gasteiger partial charge in [0, 0.05) is 26.1 Å². The highest BCUT2D eigenvalue weighted by atomic mass is 16.2. The van der Waals surface area contributed by atoms with Crippen molar-refractivity contribution in [3.63, 3.8) is 0 Å². The first-order valence-corrected chi connectivity index (χ1v) is 5.92. The fourth-order valence-electron chi connectivity index (χ4n) is 1.74. The van der Waals surface area contributed by atoms with Crippen LogP contribution in [0.4, 0.5) is 0 Å². The van der Waals surface area contributed by atoms with E-state index in [9.17, 15) is 4.79 Å². The Kier molecular flexibility index (Phi) is 5.65. The lowest BCUT2D eigenvalue weighted by Gasteiger charge is -2.20. The first kappa shape index (κ1) is 12.5. The lowest BCUT2D eigenvalue weighted by atomic mass is 10.1. The maximum atomic E-state index is 11.8. The Morgan fingerprint density at radius 3 is 3.00 bits per heavy atom. The summed E-state index contributed by atoms with van der Waals surface area (Å²) in [5.41, 5.74) is 5.53. The quantitative estimate of drug-likeness (QED) is 0.700. The van der Waals surface area contributed by atoms with Crippen LogP contribution in [0.3, 0.4) is 0 Å². The van der Waals surface area contributed by atoms with E-state index in [0.717, 1.165) is 39.0 Å². The van der Waals surface area contributed by atoms with Gasteiger partial charge in [-0.15, -0.1) is 0 Å². The van der Waals surface area contributed by atoms with E-state index in [0.29, 0.717) is 24.8 Å². The lowest BCUT2D eigenvalue weighted by Crippen LogP contribution is -2.34. The molecule has 0 aromatic heterocycles. The van der Waals surface area contributed by atoms with Crippen LogP contribution in [0.25, 0.3) is 0 Å². The highest BCUT2D eigenvalue weighted by Crippen LogP contribution is 2.07. The molecule has 0 aromatic rings. The van der Waals surface area contributed by atoms with E-state index in [2.05, 4.69) is 12.2 Å². The van der Waals surface area contributed by atoms with Gasteiger partial charge in [0.1, 0.15) is 0 Å². The maximum absolute atomic E-state index is 11.8. The highest BCUT2D eigenvalue weighted by molar-refractivity contribution is 5.76. The Morgan fingerprint density at radius 1 is 1.47 bits per heavy atom. The number of nitrogens with two attached hydrogens (primary N) is 1. The summed E-state index contributed by atoms with van der Waals surface area (Å²) >= 11 is 0. The summed E-state index contributed by atoms with van der Waals surface area (Å²) in [6.07, 6.45) is 2.63. The van der Waals surface area contributed by atoms with Crippen molar-refractivity contribution in [1.82, 2.24) is 10.2 Å². The highest BCUT2D eigenvalue weighted by Gasteiger charge is 2.15. The summed E-state index contributed by atoms with van der Waals surface area (Å²) in [5.74, 6) is 0.748. The number of amides is 1. The van der Waals surface area contributed by atoms with Crippen LogP contribution >= 0.6 is 0 Å². The Bertz CT molecular complexity index is 188. The molecule has 1 saturated heterocycles. The van der Waals surface area contributed by atoms with Crippen LogP contribution in [0.1, 0.15) is 26.2 Å². The van der Waals surface area contributed by atoms with Gasteiger partial charge in [0.05, 0.1) is 0 Å². The molecule has 0 aromatic carbocycles. The first-order chi connectivity index (χ1) is 7.24. The van der Waals surface area contributed by atoms with E-state index in [-0.39, 0.29) is 0 Å². The van der Waals surface area contributed by atoms with Crippen LogP contribution in [-0.4, -0.2) is 43.5 Å². The zero-order chi connectivity index (χ0) is 11.1. The average Bonchev–Trinajstić information content (AvgIpc) is 2.53. The molecule has 15 heavy (non-hydrogen) atoms. The maximum Gasteiger partial charge on any atom is 0.222 e. The van der Waals surface area contributed by atoms with Gasteiger partial charge in [-0.2, -0.15) is 0 Å². The van der Waals surface area contributed by atoms with E-state index >= 15 is 0 Å². The number of hydrogen-bond acceptors (Lipinski definition) is 3. The van der Waals surface area contributed by atoms with Gasteiger partial charge >= 0.3 is 0 Å². The molecule has 1 atom stereocenters. The average molecular weight is 213 g/mol. The minimum absolute atomic E-state index is 0.291. The molecule has 88 valence electrons. The van der Waals surface area contributed by atoms with Crippen molar-refractivity contribution in [2.45, 2.75) is 26.2 Å². The zero-order valence-corrected chi connectivity index (χ0v) is 9.67. The molecule has 1 rings (SSSR count). The standard InChI is InChI=1S/C11H23N3O/c1-10(9-12)3-4-11(15)14-7-2-5-13-6-8-14/h10,13H,2-9,12H2,1H3. The third-order valence-corrected chi connectivity index (χ3v) is 2.95. The SMILES string of the molecule is CC(CN)CCC(=O)N1CCCNCC1. The van der Waals surface area contributed by atoms with Crippen molar-refractivity contribution in [3.8, 4) is 0 Å². The molecule has 3 N–H and O–H groups in total. The van der Waals surface area contributed by atoms with Crippen molar-refractivity contribution in [2.24, 2.45) is 11.7 Å². The summed E-state index contributed by atoms with van der Waals surface area (Å²) in [4.78, 5) is 13.8. The van der Waals surface area contributed by atoms with E-state index < -0.39 is 0 Å². The van der Waals surface area contributed by atoms with E-state index in [1.165, 1.54) is 0 Å². The van der Waals surface area contributed by atoms with Crippen LogP contribution in [0.5, 0.6) is 0 Å². The molecule has 1 aliphatic heterocycles. The summed E-state index contributed by atoms with van der Waals surface area (Å²) in [6.45, 7) is 6.49. The molecular weight excluding hydrogens is 190 g/mol. The van der Waals surface area contributed by atoms with Crippen LogP contribution < -0.4 is 11.1 Å². The second kappa shape index (κ2) is 6.80. The van der Waals surface area contributed by atoms with Gasteiger partial charge in [-0.1, -0.05) is 6.92 Å². The molecule has 0 saturated carbocycles. The first-order valence-electron chi connectivity index (χ1n) is 5.92. The molecule has 1 unspecified atom stereocenters. The van der Waals surface area contributed by atoms with Crippen molar-refractivity contribution >= 4 is 5.91 Å².